The first-order valence-electron chi connectivity index (χ1n) is 5.93. The van der Waals surface area contributed by atoms with Gasteiger partial charge < -0.3 is 5.32 Å². The molecule has 0 saturated heterocycles. The van der Waals surface area contributed by atoms with Crippen molar-refractivity contribution in [2.75, 3.05) is 6.54 Å². The second-order valence-corrected chi connectivity index (χ2v) is 6.57. The Morgan fingerprint density at radius 3 is 2.57 bits per heavy atom. The van der Waals surface area contributed by atoms with E-state index in [9.17, 15) is 0 Å². The molecule has 2 heteroatoms. The predicted molar refractivity (Wildman–Crippen MR) is 61.8 cm³/mol. The highest BCUT2D eigenvalue weighted by atomic mass is 35.5. The van der Waals surface area contributed by atoms with Crippen molar-refractivity contribution < 1.29 is 0 Å². The highest BCUT2D eigenvalue weighted by Crippen LogP contribution is 2.38. The number of hydrogen-bond acceptors (Lipinski definition) is 1. The largest absolute Gasteiger partial charge is 0.314 e. The van der Waals surface area contributed by atoms with Crippen LogP contribution >= 0.6 is 11.6 Å². The molecule has 2 aliphatic rings. The van der Waals surface area contributed by atoms with E-state index in [4.69, 9.17) is 11.6 Å². The van der Waals surface area contributed by atoms with Gasteiger partial charge in [0, 0.05) is 11.4 Å². The van der Waals surface area contributed by atoms with Gasteiger partial charge in [0.1, 0.15) is 0 Å². The Morgan fingerprint density at radius 1 is 1.29 bits per heavy atom. The van der Waals surface area contributed by atoms with Gasteiger partial charge in [-0.15, -0.1) is 11.6 Å². The maximum absolute atomic E-state index is 6.29. The molecule has 0 aromatic carbocycles. The quantitative estimate of drug-likeness (QED) is 0.714. The summed E-state index contributed by atoms with van der Waals surface area (Å²) in [5.41, 5.74) is 0.436. The highest BCUT2D eigenvalue weighted by Gasteiger charge is 2.33. The van der Waals surface area contributed by atoms with Gasteiger partial charge >= 0.3 is 0 Å². The van der Waals surface area contributed by atoms with Crippen LogP contribution in [0.15, 0.2) is 0 Å². The van der Waals surface area contributed by atoms with Crippen LogP contribution in [0.4, 0.5) is 0 Å². The molecule has 1 N–H and O–H groups in total. The van der Waals surface area contributed by atoms with Crippen LogP contribution in [0.5, 0.6) is 0 Å². The van der Waals surface area contributed by atoms with Crippen molar-refractivity contribution in [3.8, 4) is 0 Å². The lowest BCUT2D eigenvalue weighted by Gasteiger charge is -2.38. The van der Waals surface area contributed by atoms with Crippen molar-refractivity contribution in [1.82, 2.24) is 5.32 Å². The molecular weight excluding hydrogens is 194 g/mol. The number of hydrogen-bond donors (Lipinski definition) is 1. The molecule has 2 rings (SSSR count). The molecule has 0 aromatic heterocycles. The Bertz CT molecular complexity index is 198. The summed E-state index contributed by atoms with van der Waals surface area (Å²) in [6, 6.07) is 0.668. The number of halogens is 1. The van der Waals surface area contributed by atoms with Crippen molar-refractivity contribution in [2.24, 2.45) is 11.3 Å². The fourth-order valence-corrected chi connectivity index (χ4v) is 3.27. The molecule has 0 amide bonds. The Balaban J connectivity index is 1.78. The summed E-state index contributed by atoms with van der Waals surface area (Å²) >= 11 is 6.29. The van der Waals surface area contributed by atoms with Crippen molar-refractivity contribution in [3.63, 3.8) is 0 Å². The van der Waals surface area contributed by atoms with Gasteiger partial charge in [-0.25, -0.2) is 0 Å². The van der Waals surface area contributed by atoms with E-state index in [2.05, 4.69) is 19.2 Å². The van der Waals surface area contributed by atoms with E-state index in [-0.39, 0.29) is 0 Å². The Labute approximate surface area is 92.6 Å². The zero-order valence-electron chi connectivity index (χ0n) is 9.35. The topological polar surface area (TPSA) is 12.0 Å². The first kappa shape index (κ1) is 10.8. The molecular formula is C12H22ClN. The lowest BCUT2D eigenvalue weighted by Crippen LogP contribution is -2.41. The van der Waals surface area contributed by atoms with Gasteiger partial charge in [0.15, 0.2) is 0 Å². The first-order valence-corrected chi connectivity index (χ1v) is 6.36. The number of nitrogens with one attached hydrogen (secondary N) is 1. The van der Waals surface area contributed by atoms with Crippen LogP contribution < -0.4 is 5.32 Å². The second kappa shape index (κ2) is 4.02. The maximum atomic E-state index is 6.29. The van der Waals surface area contributed by atoms with Crippen LogP contribution in [-0.4, -0.2) is 18.0 Å². The average molecular weight is 216 g/mol. The molecule has 2 unspecified atom stereocenters. The van der Waals surface area contributed by atoms with Gasteiger partial charge in [0.2, 0.25) is 0 Å². The zero-order chi connectivity index (χ0) is 10.2. The van der Waals surface area contributed by atoms with Crippen LogP contribution in [0.2, 0.25) is 0 Å². The zero-order valence-corrected chi connectivity index (χ0v) is 10.1. The van der Waals surface area contributed by atoms with E-state index < -0.39 is 0 Å². The third kappa shape index (κ3) is 3.13. The molecule has 1 nitrogen and oxygen atoms in total. The number of alkyl halides is 1. The van der Waals surface area contributed by atoms with Gasteiger partial charge in [-0.1, -0.05) is 13.8 Å². The van der Waals surface area contributed by atoms with E-state index in [0.29, 0.717) is 16.8 Å². The molecule has 2 saturated carbocycles. The fourth-order valence-electron chi connectivity index (χ4n) is 2.64. The fraction of sp³-hybridized carbons (Fsp3) is 1.00. The molecule has 2 aliphatic carbocycles. The van der Waals surface area contributed by atoms with Crippen LogP contribution in [0, 0.1) is 11.3 Å². The van der Waals surface area contributed by atoms with Crippen LogP contribution in [0.1, 0.15) is 46.0 Å². The van der Waals surface area contributed by atoms with Crippen molar-refractivity contribution in [2.45, 2.75) is 57.4 Å². The Morgan fingerprint density at radius 2 is 2.00 bits per heavy atom. The monoisotopic (exact) mass is 215 g/mol. The predicted octanol–water partition coefficient (Wildman–Crippen LogP) is 3.17. The summed E-state index contributed by atoms with van der Waals surface area (Å²) in [4.78, 5) is 0. The van der Waals surface area contributed by atoms with Gasteiger partial charge in [-0.2, -0.15) is 0 Å². The molecule has 0 aliphatic heterocycles. The second-order valence-electron chi connectivity index (χ2n) is 5.95. The Kier molecular flexibility index (Phi) is 3.09. The third-order valence-electron chi connectivity index (χ3n) is 3.51. The van der Waals surface area contributed by atoms with E-state index in [1.807, 2.05) is 0 Å². The molecule has 0 spiro atoms. The van der Waals surface area contributed by atoms with Gasteiger partial charge in [-0.3, -0.25) is 0 Å². The molecule has 0 bridgehead atoms. The first-order chi connectivity index (χ1) is 6.55. The lowest BCUT2D eigenvalue weighted by atomic mass is 9.75. The molecule has 2 fully saturated rings. The van der Waals surface area contributed by atoms with Crippen LogP contribution in [-0.2, 0) is 0 Å². The molecule has 0 aromatic rings. The summed E-state index contributed by atoms with van der Waals surface area (Å²) in [5.74, 6) is 0.980. The Hall–Kier alpha value is 0.250. The van der Waals surface area contributed by atoms with Gasteiger partial charge in [0.05, 0.1) is 0 Å². The smallest absolute Gasteiger partial charge is 0.0356 e. The summed E-state index contributed by atoms with van der Waals surface area (Å²) < 4.78 is 0. The lowest BCUT2D eigenvalue weighted by molar-refractivity contribution is 0.201. The summed E-state index contributed by atoms with van der Waals surface area (Å²) in [6.07, 6.45) is 6.51. The molecule has 2 atom stereocenters. The van der Waals surface area contributed by atoms with E-state index in [1.54, 1.807) is 0 Å². The van der Waals surface area contributed by atoms with E-state index in [0.717, 1.165) is 12.3 Å². The minimum atomic E-state index is 0.385. The maximum Gasteiger partial charge on any atom is 0.0356 e. The van der Waals surface area contributed by atoms with Crippen molar-refractivity contribution in [1.29, 1.82) is 0 Å². The molecule has 0 heterocycles. The van der Waals surface area contributed by atoms with Gasteiger partial charge in [0.25, 0.3) is 0 Å². The minimum Gasteiger partial charge on any atom is -0.314 e. The van der Waals surface area contributed by atoms with Crippen LogP contribution in [0.3, 0.4) is 0 Å². The van der Waals surface area contributed by atoms with Crippen molar-refractivity contribution in [3.05, 3.63) is 0 Å². The SMILES string of the molecule is CC1(C)CC(Cl)CC(NCC2CC2)C1. The molecule has 0 radical (unpaired) electrons. The minimum absolute atomic E-state index is 0.385. The summed E-state index contributed by atoms with van der Waals surface area (Å²) in [5, 5.41) is 4.07. The molecule has 82 valence electrons. The van der Waals surface area contributed by atoms with Crippen LogP contribution in [0.25, 0.3) is 0 Å². The normalized spacial score (nSPS) is 37.1. The third-order valence-corrected chi connectivity index (χ3v) is 3.84. The highest BCUT2D eigenvalue weighted by molar-refractivity contribution is 6.20. The summed E-state index contributed by atoms with van der Waals surface area (Å²) in [7, 11) is 0. The average Bonchev–Trinajstić information content (AvgIpc) is 2.79. The summed E-state index contributed by atoms with van der Waals surface area (Å²) in [6.45, 7) is 5.91. The standard InChI is InChI=1S/C12H22ClN/c1-12(2)6-10(13)5-11(7-12)14-8-9-3-4-9/h9-11,14H,3-8H2,1-2H3. The number of rotatable bonds is 3. The van der Waals surface area contributed by atoms with E-state index in [1.165, 1.54) is 32.2 Å². The van der Waals surface area contributed by atoms with E-state index >= 15 is 0 Å². The molecule has 14 heavy (non-hydrogen) atoms. The van der Waals surface area contributed by atoms with Gasteiger partial charge in [-0.05, 0) is 50.0 Å². The van der Waals surface area contributed by atoms with Crippen molar-refractivity contribution >= 4 is 11.6 Å².